The number of nitrogens with one attached hydrogen (secondary N) is 2. The summed E-state index contributed by atoms with van der Waals surface area (Å²) in [6.07, 6.45) is 10.0. The molecule has 248 valence electrons. The van der Waals surface area contributed by atoms with Crippen LogP contribution in [0.4, 0.5) is 0 Å². The van der Waals surface area contributed by atoms with Crippen LogP contribution in [-0.2, 0) is 0 Å². The first-order chi connectivity index (χ1) is 23.5. The van der Waals surface area contributed by atoms with Gasteiger partial charge < -0.3 is 24.6 Å². The number of hydrogen-bond donors (Lipinski definition) is 4. The molecule has 0 atom stereocenters. The molecule has 0 aliphatic heterocycles. The Hall–Kier alpha value is -3.39. The monoisotopic (exact) mass is 937 g/mol. The van der Waals surface area contributed by atoms with Gasteiger partial charge in [-0.1, -0.05) is 76.8 Å². The molecule has 0 fully saturated rings. The van der Waals surface area contributed by atoms with Crippen molar-refractivity contribution in [1.29, 1.82) is 0 Å². The lowest BCUT2D eigenvalue weighted by atomic mass is 9.80. The minimum Gasteiger partial charge on any atom is -0.423 e. The van der Waals surface area contributed by atoms with Crippen LogP contribution in [0.15, 0.2) is 92.2 Å². The van der Waals surface area contributed by atoms with E-state index in [1.165, 1.54) is 24.5 Å². The Morgan fingerprint density at radius 1 is 0.694 bits per heavy atom. The molecular formula is C32H25BCl3I2N9O2. The smallest absolute Gasteiger partial charge is 0.423 e. The van der Waals surface area contributed by atoms with Gasteiger partial charge in [0, 0.05) is 31.4 Å². The van der Waals surface area contributed by atoms with Gasteiger partial charge in [0.2, 0.25) is 0 Å². The molecule has 0 aliphatic rings. The average Bonchev–Trinajstić information content (AvgIpc) is 3.81. The van der Waals surface area contributed by atoms with E-state index in [4.69, 9.17) is 44.9 Å². The molecule has 8 aromatic rings. The van der Waals surface area contributed by atoms with Gasteiger partial charge in [0.05, 0.1) is 16.2 Å². The summed E-state index contributed by atoms with van der Waals surface area (Å²) < 4.78 is 4.13. The maximum absolute atomic E-state index is 8.70. The van der Waals surface area contributed by atoms with E-state index in [0.717, 1.165) is 51.5 Å². The van der Waals surface area contributed by atoms with Crippen LogP contribution in [0.1, 0.15) is 11.1 Å². The molecule has 6 aromatic heterocycles. The van der Waals surface area contributed by atoms with Crippen molar-refractivity contribution in [3.05, 3.63) is 126 Å². The minimum absolute atomic E-state index is 0.492. The van der Waals surface area contributed by atoms with Crippen molar-refractivity contribution in [2.45, 2.75) is 13.8 Å². The third-order valence-corrected chi connectivity index (χ3v) is 9.33. The third-order valence-electron chi connectivity index (χ3n) is 6.79. The van der Waals surface area contributed by atoms with Crippen molar-refractivity contribution >= 4 is 126 Å². The topological polar surface area (TPSA) is 154 Å². The summed E-state index contributed by atoms with van der Waals surface area (Å²) in [4.78, 5) is 29.9. The zero-order chi connectivity index (χ0) is 35.1. The number of rotatable bonds is 2. The fraction of sp³-hybridized carbons (Fsp3) is 0.0625. The first kappa shape index (κ1) is 36.9. The standard InChI is InChI=1S/C13H9ClIN3.C7H9BO2.C6H3ClIN3.C6H4ClN3/c1-8-3-2-4-9(5-8)18-6-10(15)11-12(14)16-7-17-13(11)18;1-6-3-2-4-7(5-6)8(9)10;7-5-4-3(8)1-9-6(4)11-2-10-5;7-5-4-1-2-8-6(4)10-3-9-5/h2-7H,1H3;2-5,9-10H,1H3;1-2H,(H,9,10,11);1-3H,(H,8,9,10). The van der Waals surface area contributed by atoms with Gasteiger partial charge in [-0.3, -0.25) is 0 Å². The van der Waals surface area contributed by atoms with E-state index < -0.39 is 7.12 Å². The fourth-order valence-corrected chi connectivity index (χ4v) is 6.94. The Balaban J connectivity index is 0.000000132. The zero-order valence-corrected chi connectivity index (χ0v) is 32.2. The molecule has 0 spiro atoms. The van der Waals surface area contributed by atoms with Crippen LogP contribution >= 0.6 is 80.0 Å². The normalized spacial score (nSPS) is 10.6. The van der Waals surface area contributed by atoms with Crippen molar-refractivity contribution in [1.82, 2.24) is 44.4 Å². The van der Waals surface area contributed by atoms with Gasteiger partial charge in [0.15, 0.2) is 5.65 Å². The zero-order valence-electron chi connectivity index (χ0n) is 25.7. The number of benzene rings is 2. The summed E-state index contributed by atoms with van der Waals surface area (Å²) in [5.41, 5.74) is 6.27. The second-order valence-corrected chi connectivity index (χ2v) is 13.7. The molecule has 2 aromatic carbocycles. The molecule has 49 heavy (non-hydrogen) atoms. The second kappa shape index (κ2) is 17.0. The van der Waals surface area contributed by atoms with Crippen LogP contribution in [0.25, 0.3) is 38.8 Å². The number of nitrogens with zero attached hydrogens (tertiary/aromatic N) is 7. The highest BCUT2D eigenvalue weighted by Gasteiger charge is 2.13. The number of fused-ring (bicyclic) bond motifs is 3. The van der Waals surface area contributed by atoms with E-state index in [-0.39, 0.29) is 0 Å². The SMILES string of the molecule is Cc1cccc(-n2cc(I)c3c(Cl)ncnc32)c1.Cc1cccc(B(O)O)c1.Clc1ncnc2[nH]cc(I)c12.Clc1ncnc2[nH]ccc12. The van der Waals surface area contributed by atoms with Crippen LogP contribution in [0.3, 0.4) is 0 Å². The van der Waals surface area contributed by atoms with Gasteiger partial charge in [-0.15, -0.1) is 0 Å². The number of aromatic amines is 2. The first-order valence-electron chi connectivity index (χ1n) is 14.3. The second-order valence-electron chi connectivity index (χ2n) is 10.3. The number of H-pyrrole nitrogens is 2. The minimum atomic E-state index is -1.35. The van der Waals surface area contributed by atoms with E-state index in [1.54, 1.807) is 24.4 Å². The summed E-state index contributed by atoms with van der Waals surface area (Å²) in [5, 5.41) is 21.6. The molecule has 8 rings (SSSR count). The Kier molecular flexibility index (Phi) is 12.8. The predicted molar refractivity (Wildman–Crippen MR) is 213 cm³/mol. The lowest BCUT2D eigenvalue weighted by Gasteiger charge is -2.05. The molecule has 0 aliphatic carbocycles. The highest BCUT2D eigenvalue weighted by molar-refractivity contribution is 14.1. The van der Waals surface area contributed by atoms with E-state index in [1.807, 2.05) is 42.1 Å². The Morgan fingerprint density at radius 2 is 1.33 bits per heavy atom. The molecule has 11 nitrogen and oxygen atoms in total. The van der Waals surface area contributed by atoms with Crippen molar-refractivity contribution in [3.63, 3.8) is 0 Å². The van der Waals surface area contributed by atoms with E-state index in [2.05, 4.69) is 110 Å². The van der Waals surface area contributed by atoms with Crippen molar-refractivity contribution in [3.8, 4) is 5.69 Å². The summed E-state index contributed by atoms with van der Waals surface area (Å²) in [6.45, 7) is 3.98. The molecule has 0 amide bonds. The molecule has 0 radical (unpaired) electrons. The fourth-order valence-electron chi connectivity index (χ4n) is 4.52. The number of aromatic nitrogens is 9. The van der Waals surface area contributed by atoms with Gasteiger partial charge in [0.25, 0.3) is 0 Å². The van der Waals surface area contributed by atoms with Crippen LogP contribution in [0.2, 0.25) is 15.5 Å². The molecule has 4 N–H and O–H groups in total. The van der Waals surface area contributed by atoms with Crippen molar-refractivity contribution < 1.29 is 10.0 Å². The van der Waals surface area contributed by atoms with Gasteiger partial charge in [-0.25, -0.2) is 29.9 Å². The molecule has 0 unspecified atom stereocenters. The van der Waals surface area contributed by atoms with E-state index >= 15 is 0 Å². The summed E-state index contributed by atoms with van der Waals surface area (Å²) >= 11 is 22.1. The Labute approximate surface area is 323 Å². The van der Waals surface area contributed by atoms with Crippen LogP contribution < -0.4 is 5.46 Å². The molecular weight excluding hydrogens is 913 g/mol. The highest BCUT2D eigenvalue weighted by Crippen LogP contribution is 2.29. The molecule has 0 bridgehead atoms. The average molecular weight is 939 g/mol. The maximum Gasteiger partial charge on any atom is 0.488 e. The number of hydrogen-bond acceptors (Lipinski definition) is 8. The van der Waals surface area contributed by atoms with Gasteiger partial charge >= 0.3 is 7.12 Å². The first-order valence-corrected chi connectivity index (χ1v) is 17.6. The Morgan fingerprint density at radius 3 is 1.96 bits per heavy atom. The predicted octanol–water partition coefficient (Wildman–Crippen LogP) is 7.49. The summed E-state index contributed by atoms with van der Waals surface area (Å²) in [5.74, 6) is 0. The van der Waals surface area contributed by atoms with Crippen molar-refractivity contribution in [2.75, 3.05) is 0 Å². The molecule has 17 heteroatoms. The van der Waals surface area contributed by atoms with Gasteiger partial charge in [0.1, 0.15) is 45.7 Å². The van der Waals surface area contributed by atoms with Crippen LogP contribution in [-0.4, -0.2) is 61.6 Å². The molecule has 0 saturated heterocycles. The Bertz CT molecular complexity index is 2350. The number of halogens is 5. The summed E-state index contributed by atoms with van der Waals surface area (Å²) in [6, 6.07) is 17.2. The van der Waals surface area contributed by atoms with E-state index in [0.29, 0.717) is 20.9 Å². The lowest BCUT2D eigenvalue weighted by Crippen LogP contribution is -2.29. The van der Waals surface area contributed by atoms with Crippen LogP contribution in [0.5, 0.6) is 0 Å². The third kappa shape index (κ3) is 9.25. The van der Waals surface area contributed by atoms with Gasteiger partial charge in [-0.2, -0.15) is 0 Å². The molecule has 6 heterocycles. The number of aryl methyl sites for hydroxylation is 2. The summed E-state index contributed by atoms with van der Waals surface area (Å²) in [7, 11) is -1.35. The van der Waals surface area contributed by atoms with E-state index in [9.17, 15) is 0 Å². The van der Waals surface area contributed by atoms with Crippen LogP contribution in [0, 0.1) is 21.0 Å². The van der Waals surface area contributed by atoms with Crippen molar-refractivity contribution in [2.24, 2.45) is 0 Å². The lowest BCUT2D eigenvalue weighted by molar-refractivity contribution is 0.425. The highest BCUT2D eigenvalue weighted by atomic mass is 127. The quantitative estimate of drug-likeness (QED) is 0.0791. The maximum atomic E-state index is 8.70. The largest absolute Gasteiger partial charge is 0.488 e. The van der Waals surface area contributed by atoms with Gasteiger partial charge in [-0.05, 0) is 88.3 Å². The molecule has 0 saturated carbocycles.